The number of rotatable bonds is 3. The Labute approximate surface area is 105 Å². The number of para-hydroxylation sites is 2. The van der Waals surface area contributed by atoms with Gasteiger partial charge in [0.1, 0.15) is 5.75 Å². The molecule has 1 aliphatic rings. The number of amides is 2. The van der Waals surface area contributed by atoms with Gasteiger partial charge in [0.15, 0.2) is 0 Å². The van der Waals surface area contributed by atoms with Crippen LogP contribution in [0.3, 0.4) is 0 Å². The molecule has 18 heavy (non-hydrogen) atoms. The van der Waals surface area contributed by atoms with E-state index in [0.717, 1.165) is 0 Å². The van der Waals surface area contributed by atoms with Crippen molar-refractivity contribution >= 4 is 17.5 Å². The van der Waals surface area contributed by atoms with Gasteiger partial charge in [-0.3, -0.25) is 9.59 Å². The van der Waals surface area contributed by atoms with Crippen LogP contribution in [0.15, 0.2) is 35.5 Å². The number of anilines is 1. The van der Waals surface area contributed by atoms with Crippen LogP contribution in [0.25, 0.3) is 0 Å². The molecule has 0 spiro atoms. The molecule has 0 saturated carbocycles. The van der Waals surface area contributed by atoms with Gasteiger partial charge in [0.05, 0.1) is 19.2 Å². The molecule has 2 amide bonds. The second kappa shape index (κ2) is 4.91. The summed E-state index contributed by atoms with van der Waals surface area (Å²) in [6.07, 6.45) is 0.118. The number of hydrogen-bond acceptors (Lipinski definition) is 3. The fourth-order valence-electron chi connectivity index (χ4n) is 1.82. The van der Waals surface area contributed by atoms with Crippen LogP contribution in [0.4, 0.5) is 5.69 Å². The van der Waals surface area contributed by atoms with Crippen molar-refractivity contribution in [1.82, 2.24) is 5.32 Å². The van der Waals surface area contributed by atoms with E-state index in [-0.39, 0.29) is 18.2 Å². The molecule has 5 nitrogen and oxygen atoms in total. The van der Waals surface area contributed by atoms with Crippen molar-refractivity contribution in [3.8, 4) is 5.75 Å². The maximum Gasteiger partial charge on any atom is 0.253 e. The Bertz CT molecular complexity index is 535. The first kappa shape index (κ1) is 12.2. The maximum atomic E-state index is 12.0. The Kier molecular flexibility index (Phi) is 3.32. The zero-order chi connectivity index (χ0) is 13.1. The lowest BCUT2D eigenvalue weighted by Crippen LogP contribution is -2.15. The number of ether oxygens (including phenoxy) is 1. The van der Waals surface area contributed by atoms with Crippen LogP contribution in [0.5, 0.6) is 5.75 Å². The third kappa shape index (κ3) is 2.34. The van der Waals surface area contributed by atoms with Gasteiger partial charge in [-0.2, -0.15) is 0 Å². The molecule has 0 unspecified atom stereocenters. The Morgan fingerprint density at radius 1 is 1.39 bits per heavy atom. The van der Waals surface area contributed by atoms with Crippen molar-refractivity contribution in [3.63, 3.8) is 0 Å². The molecule has 0 bridgehead atoms. The predicted molar refractivity (Wildman–Crippen MR) is 67.1 cm³/mol. The molecule has 2 N–H and O–H groups in total. The summed E-state index contributed by atoms with van der Waals surface area (Å²) in [6.45, 7) is 1.71. The van der Waals surface area contributed by atoms with Crippen LogP contribution in [0, 0.1) is 0 Å². The largest absolute Gasteiger partial charge is 0.495 e. The average Bonchev–Trinajstić information content (AvgIpc) is 2.69. The lowest BCUT2D eigenvalue weighted by Gasteiger charge is -2.10. The minimum Gasteiger partial charge on any atom is -0.495 e. The van der Waals surface area contributed by atoms with Crippen LogP contribution in [-0.4, -0.2) is 18.9 Å². The number of nitrogens with one attached hydrogen (secondary N) is 2. The van der Waals surface area contributed by atoms with E-state index in [0.29, 0.717) is 22.7 Å². The molecule has 1 aromatic carbocycles. The Morgan fingerprint density at radius 3 is 2.72 bits per heavy atom. The highest BCUT2D eigenvalue weighted by Crippen LogP contribution is 2.25. The van der Waals surface area contributed by atoms with Crippen LogP contribution in [0.1, 0.15) is 13.3 Å². The first-order valence-electron chi connectivity index (χ1n) is 5.56. The summed E-state index contributed by atoms with van der Waals surface area (Å²) in [5.41, 5.74) is 1.66. The Balaban J connectivity index is 2.17. The summed E-state index contributed by atoms with van der Waals surface area (Å²) in [6, 6.07) is 7.13. The molecule has 2 rings (SSSR count). The van der Waals surface area contributed by atoms with Gasteiger partial charge in [-0.1, -0.05) is 12.1 Å². The summed E-state index contributed by atoms with van der Waals surface area (Å²) >= 11 is 0. The van der Waals surface area contributed by atoms with Gasteiger partial charge in [-0.25, -0.2) is 0 Å². The third-order valence-corrected chi connectivity index (χ3v) is 2.75. The van der Waals surface area contributed by atoms with Gasteiger partial charge >= 0.3 is 0 Å². The molecule has 1 aromatic rings. The molecule has 0 radical (unpaired) electrons. The molecular weight excluding hydrogens is 232 g/mol. The normalized spacial score (nSPS) is 14.4. The van der Waals surface area contributed by atoms with Gasteiger partial charge in [0.2, 0.25) is 5.91 Å². The zero-order valence-corrected chi connectivity index (χ0v) is 10.2. The summed E-state index contributed by atoms with van der Waals surface area (Å²) in [7, 11) is 1.54. The first-order chi connectivity index (χ1) is 8.61. The number of hydrogen-bond donors (Lipinski definition) is 2. The van der Waals surface area contributed by atoms with Crippen LogP contribution in [0.2, 0.25) is 0 Å². The molecular formula is C13H14N2O3. The average molecular weight is 246 g/mol. The van der Waals surface area contributed by atoms with Crippen molar-refractivity contribution < 1.29 is 14.3 Å². The molecule has 5 heteroatoms. The fourth-order valence-corrected chi connectivity index (χ4v) is 1.82. The van der Waals surface area contributed by atoms with E-state index in [2.05, 4.69) is 10.6 Å². The van der Waals surface area contributed by atoms with Gasteiger partial charge < -0.3 is 15.4 Å². The SMILES string of the molecule is COc1ccccc1NC(=O)C1=C(C)NC(=O)C1. The lowest BCUT2D eigenvalue weighted by molar-refractivity contribution is -0.120. The summed E-state index contributed by atoms with van der Waals surface area (Å²) in [5, 5.41) is 5.35. The Hall–Kier alpha value is -2.30. The smallest absolute Gasteiger partial charge is 0.253 e. The van der Waals surface area contributed by atoms with Crippen molar-refractivity contribution in [2.75, 3.05) is 12.4 Å². The molecule has 0 atom stereocenters. The highest BCUT2D eigenvalue weighted by molar-refractivity contribution is 6.09. The molecule has 0 saturated heterocycles. The van der Waals surface area contributed by atoms with Crippen molar-refractivity contribution in [2.45, 2.75) is 13.3 Å². The van der Waals surface area contributed by atoms with Gasteiger partial charge in [-0.05, 0) is 19.1 Å². The highest BCUT2D eigenvalue weighted by atomic mass is 16.5. The fraction of sp³-hybridized carbons (Fsp3) is 0.231. The minimum atomic E-state index is -0.282. The zero-order valence-electron chi connectivity index (χ0n) is 10.2. The maximum absolute atomic E-state index is 12.0. The minimum absolute atomic E-state index is 0.118. The second-order valence-corrected chi connectivity index (χ2v) is 3.98. The van der Waals surface area contributed by atoms with Gasteiger partial charge in [-0.15, -0.1) is 0 Å². The Morgan fingerprint density at radius 2 is 2.11 bits per heavy atom. The number of methoxy groups -OCH3 is 1. The van der Waals surface area contributed by atoms with E-state index in [9.17, 15) is 9.59 Å². The second-order valence-electron chi connectivity index (χ2n) is 3.98. The lowest BCUT2D eigenvalue weighted by atomic mass is 10.1. The first-order valence-corrected chi connectivity index (χ1v) is 5.56. The van der Waals surface area contributed by atoms with Crippen LogP contribution in [-0.2, 0) is 9.59 Å². The van der Waals surface area contributed by atoms with Crippen molar-refractivity contribution in [2.24, 2.45) is 0 Å². The monoisotopic (exact) mass is 246 g/mol. The number of carbonyl (C=O) groups excluding carboxylic acids is 2. The standard InChI is InChI=1S/C13H14N2O3/c1-8-9(7-12(16)14-8)13(17)15-10-5-3-4-6-11(10)18-2/h3-6H,7H2,1-2H3,(H,14,16)(H,15,17). The van der Waals surface area contributed by atoms with E-state index < -0.39 is 0 Å². The van der Waals surface area contributed by atoms with Crippen LogP contribution < -0.4 is 15.4 Å². The van der Waals surface area contributed by atoms with E-state index in [4.69, 9.17) is 4.74 Å². The summed E-state index contributed by atoms with van der Waals surface area (Å²) in [5.74, 6) is 0.148. The third-order valence-electron chi connectivity index (χ3n) is 2.75. The number of carbonyl (C=O) groups is 2. The molecule has 94 valence electrons. The predicted octanol–water partition coefficient (Wildman–Crippen LogP) is 1.43. The summed E-state index contributed by atoms with van der Waals surface area (Å²) < 4.78 is 5.14. The van der Waals surface area contributed by atoms with E-state index in [1.165, 1.54) is 7.11 Å². The molecule has 0 aliphatic carbocycles. The molecule has 0 fully saturated rings. The number of benzene rings is 1. The number of allylic oxidation sites excluding steroid dienone is 1. The van der Waals surface area contributed by atoms with Crippen molar-refractivity contribution in [1.29, 1.82) is 0 Å². The quantitative estimate of drug-likeness (QED) is 0.847. The van der Waals surface area contributed by atoms with E-state index >= 15 is 0 Å². The highest BCUT2D eigenvalue weighted by Gasteiger charge is 2.24. The van der Waals surface area contributed by atoms with Crippen molar-refractivity contribution in [3.05, 3.63) is 35.5 Å². The molecule has 1 heterocycles. The van der Waals surface area contributed by atoms with Gasteiger partial charge in [0.25, 0.3) is 5.91 Å². The summed E-state index contributed by atoms with van der Waals surface area (Å²) in [4.78, 5) is 23.2. The van der Waals surface area contributed by atoms with E-state index in [1.54, 1.807) is 25.1 Å². The molecule has 0 aromatic heterocycles. The molecule has 1 aliphatic heterocycles. The van der Waals surface area contributed by atoms with E-state index in [1.807, 2.05) is 6.07 Å². The van der Waals surface area contributed by atoms with Crippen LogP contribution >= 0.6 is 0 Å². The topological polar surface area (TPSA) is 67.4 Å². The van der Waals surface area contributed by atoms with Gasteiger partial charge in [0, 0.05) is 11.3 Å².